The standard InChI is InChI=1S/C13H17ClO4/c1-7-5-8(18-4)12(17)10(11(7)14)13(2,3)6-9(15)16/h5,17H,6H2,1-4H3,(H,15,16). The van der Waals surface area contributed by atoms with Gasteiger partial charge in [0.25, 0.3) is 0 Å². The quantitative estimate of drug-likeness (QED) is 0.884. The van der Waals surface area contributed by atoms with Gasteiger partial charge in [-0.1, -0.05) is 25.4 Å². The molecule has 1 aromatic rings. The molecule has 1 rings (SSSR count). The first-order chi connectivity index (χ1) is 8.20. The molecule has 0 aromatic heterocycles. The van der Waals surface area contributed by atoms with Gasteiger partial charge in [0.05, 0.1) is 18.6 Å². The summed E-state index contributed by atoms with van der Waals surface area (Å²) >= 11 is 6.19. The zero-order valence-electron chi connectivity index (χ0n) is 10.9. The molecule has 0 aliphatic carbocycles. The Morgan fingerprint density at radius 2 is 2.06 bits per heavy atom. The minimum Gasteiger partial charge on any atom is -0.504 e. The number of ether oxygens (including phenoxy) is 1. The molecule has 0 unspecified atom stereocenters. The molecule has 0 fully saturated rings. The second kappa shape index (κ2) is 5.06. The van der Waals surface area contributed by atoms with Crippen LogP contribution in [0.3, 0.4) is 0 Å². The number of aryl methyl sites for hydroxylation is 1. The Hall–Kier alpha value is -1.42. The molecule has 100 valence electrons. The van der Waals surface area contributed by atoms with Crippen molar-refractivity contribution in [1.82, 2.24) is 0 Å². The van der Waals surface area contributed by atoms with Gasteiger partial charge in [-0.05, 0) is 18.6 Å². The average Bonchev–Trinajstić information content (AvgIpc) is 2.21. The number of hydrogen-bond donors (Lipinski definition) is 2. The maximum absolute atomic E-state index is 10.9. The largest absolute Gasteiger partial charge is 0.504 e. The van der Waals surface area contributed by atoms with E-state index in [-0.39, 0.29) is 12.2 Å². The lowest BCUT2D eigenvalue weighted by molar-refractivity contribution is -0.138. The van der Waals surface area contributed by atoms with E-state index >= 15 is 0 Å². The van der Waals surface area contributed by atoms with Crippen molar-refractivity contribution in [3.63, 3.8) is 0 Å². The van der Waals surface area contributed by atoms with Crippen LogP contribution in [-0.4, -0.2) is 23.3 Å². The van der Waals surface area contributed by atoms with Crippen LogP contribution in [0.1, 0.15) is 31.4 Å². The Bertz CT molecular complexity index is 480. The van der Waals surface area contributed by atoms with Crippen molar-refractivity contribution < 1.29 is 19.7 Å². The van der Waals surface area contributed by atoms with Gasteiger partial charge in [0.15, 0.2) is 11.5 Å². The average molecular weight is 273 g/mol. The molecular formula is C13H17ClO4. The van der Waals surface area contributed by atoms with Crippen LogP contribution in [0.4, 0.5) is 0 Å². The fourth-order valence-electron chi connectivity index (χ4n) is 1.99. The summed E-state index contributed by atoms with van der Waals surface area (Å²) in [6.07, 6.45) is -0.132. The van der Waals surface area contributed by atoms with Crippen molar-refractivity contribution in [3.05, 3.63) is 22.2 Å². The first-order valence-corrected chi connectivity index (χ1v) is 5.87. The third kappa shape index (κ3) is 2.70. The second-order valence-electron chi connectivity index (χ2n) is 4.89. The van der Waals surface area contributed by atoms with Crippen molar-refractivity contribution in [2.24, 2.45) is 0 Å². The maximum Gasteiger partial charge on any atom is 0.304 e. The van der Waals surface area contributed by atoms with Crippen LogP contribution in [0.2, 0.25) is 5.02 Å². The van der Waals surface area contributed by atoms with E-state index < -0.39 is 11.4 Å². The molecule has 0 spiro atoms. The molecule has 0 aliphatic heterocycles. The van der Waals surface area contributed by atoms with Gasteiger partial charge in [-0.3, -0.25) is 4.79 Å². The molecule has 0 saturated carbocycles. The Kier molecular flexibility index (Phi) is 4.12. The van der Waals surface area contributed by atoms with Gasteiger partial charge in [0.2, 0.25) is 0 Å². The highest BCUT2D eigenvalue weighted by atomic mass is 35.5. The lowest BCUT2D eigenvalue weighted by atomic mass is 9.80. The highest BCUT2D eigenvalue weighted by molar-refractivity contribution is 6.32. The summed E-state index contributed by atoms with van der Waals surface area (Å²) in [6, 6.07) is 1.62. The van der Waals surface area contributed by atoms with E-state index in [1.807, 2.05) is 0 Å². The molecule has 0 bridgehead atoms. The van der Waals surface area contributed by atoms with E-state index in [2.05, 4.69) is 0 Å². The number of aliphatic carboxylic acids is 1. The SMILES string of the molecule is COc1cc(C)c(Cl)c(C(C)(C)CC(=O)O)c1O. The summed E-state index contributed by atoms with van der Waals surface area (Å²) in [6.45, 7) is 5.23. The van der Waals surface area contributed by atoms with E-state index in [1.54, 1.807) is 26.8 Å². The number of methoxy groups -OCH3 is 1. The molecule has 0 saturated heterocycles. The summed E-state index contributed by atoms with van der Waals surface area (Å²) in [5.74, 6) is -0.749. The van der Waals surface area contributed by atoms with Crippen LogP contribution in [0.25, 0.3) is 0 Å². The molecule has 0 amide bonds. The van der Waals surface area contributed by atoms with Gasteiger partial charge in [0.1, 0.15) is 0 Å². The minimum absolute atomic E-state index is 0.0978. The van der Waals surface area contributed by atoms with Crippen molar-refractivity contribution in [2.75, 3.05) is 7.11 Å². The molecular weight excluding hydrogens is 256 g/mol. The third-order valence-corrected chi connectivity index (χ3v) is 3.36. The number of carboxylic acid groups (broad SMARTS) is 1. The van der Waals surface area contributed by atoms with Crippen LogP contribution >= 0.6 is 11.6 Å². The van der Waals surface area contributed by atoms with Crippen LogP contribution in [0.5, 0.6) is 11.5 Å². The molecule has 5 heteroatoms. The topological polar surface area (TPSA) is 66.8 Å². The fourth-order valence-corrected chi connectivity index (χ4v) is 2.39. The number of benzene rings is 1. The normalized spacial score (nSPS) is 11.4. The smallest absolute Gasteiger partial charge is 0.304 e. The lowest BCUT2D eigenvalue weighted by Crippen LogP contribution is -2.22. The predicted molar refractivity (Wildman–Crippen MR) is 69.7 cm³/mol. The zero-order chi connectivity index (χ0) is 14.1. The number of phenols is 1. The fraction of sp³-hybridized carbons (Fsp3) is 0.462. The van der Waals surface area contributed by atoms with Crippen molar-refractivity contribution >= 4 is 17.6 Å². The van der Waals surface area contributed by atoms with Gasteiger partial charge in [-0.2, -0.15) is 0 Å². The third-order valence-electron chi connectivity index (χ3n) is 2.87. The first-order valence-electron chi connectivity index (χ1n) is 5.49. The van der Waals surface area contributed by atoms with Crippen LogP contribution in [0, 0.1) is 6.92 Å². The molecule has 0 atom stereocenters. The lowest BCUT2D eigenvalue weighted by Gasteiger charge is -2.27. The number of phenolic OH excluding ortho intramolecular Hbond substituents is 1. The van der Waals surface area contributed by atoms with E-state index in [0.717, 1.165) is 5.56 Å². The Balaban J connectivity index is 3.47. The zero-order valence-corrected chi connectivity index (χ0v) is 11.6. The number of hydrogen-bond acceptors (Lipinski definition) is 3. The van der Waals surface area contributed by atoms with Crippen molar-refractivity contribution in [3.8, 4) is 11.5 Å². The molecule has 1 aromatic carbocycles. The van der Waals surface area contributed by atoms with E-state index in [1.165, 1.54) is 7.11 Å². The summed E-state index contributed by atoms with van der Waals surface area (Å²) in [5.41, 5.74) is 0.356. The van der Waals surface area contributed by atoms with E-state index in [0.29, 0.717) is 16.3 Å². The minimum atomic E-state index is -0.948. The number of carboxylic acids is 1. The van der Waals surface area contributed by atoms with Crippen LogP contribution in [0.15, 0.2) is 6.07 Å². The Labute approximate surface area is 111 Å². The number of carbonyl (C=O) groups is 1. The highest BCUT2D eigenvalue weighted by Gasteiger charge is 2.31. The number of rotatable bonds is 4. The molecule has 0 aliphatic rings. The van der Waals surface area contributed by atoms with Crippen molar-refractivity contribution in [1.29, 1.82) is 0 Å². The number of aromatic hydroxyl groups is 1. The highest BCUT2D eigenvalue weighted by Crippen LogP contribution is 2.45. The van der Waals surface area contributed by atoms with Crippen molar-refractivity contribution in [2.45, 2.75) is 32.6 Å². The molecule has 0 heterocycles. The van der Waals surface area contributed by atoms with Crippen LogP contribution < -0.4 is 4.74 Å². The summed E-state index contributed by atoms with van der Waals surface area (Å²) < 4.78 is 5.07. The molecule has 18 heavy (non-hydrogen) atoms. The predicted octanol–water partition coefficient (Wildman–Crippen LogP) is 3.11. The monoisotopic (exact) mass is 272 g/mol. The van der Waals surface area contributed by atoms with Crippen LogP contribution in [-0.2, 0) is 10.2 Å². The van der Waals surface area contributed by atoms with Gasteiger partial charge in [0, 0.05) is 11.0 Å². The summed E-state index contributed by atoms with van der Waals surface area (Å²) in [7, 11) is 1.44. The van der Waals surface area contributed by atoms with Gasteiger partial charge in [-0.15, -0.1) is 0 Å². The summed E-state index contributed by atoms with van der Waals surface area (Å²) in [5, 5.41) is 19.4. The van der Waals surface area contributed by atoms with Gasteiger partial charge in [-0.25, -0.2) is 0 Å². The van der Waals surface area contributed by atoms with Gasteiger partial charge >= 0.3 is 5.97 Å². The summed E-state index contributed by atoms with van der Waals surface area (Å²) in [4.78, 5) is 10.9. The maximum atomic E-state index is 10.9. The number of halogens is 1. The first kappa shape index (κ1) is 14.6. The second-order valence-corrected chi connectivity index (χ2v) is 5.27. The molecule has 4 nitrogen and oxygen atoms in total. The molecule has 2 N–H and O–H groups in total. The Morgan fingerprint density at radius 1 is 1.50 bits per heavy atom. The van der Waals surface area contributed by atoms with E-state index in [9.17, 15) is 9.90 Å². The van der Waals surface area contributed by atoms with E-state index in [4.69, 9.17) is 21.4 Å². The van der Waals surface area contributed by atoms with Gasteiger partial charge < -0.3 is 14.9 Å². The molecule has 0 radical (unpaired) electrons. The Morgan fingerprint density at radius 3 is 2.50 bits per heavy atom.